The van der Waals surface area contributed by atoms with Gasteiger partial charge in [-0.3, -0.25) is 4.79 Å². The molecule has 0 spiro atoms. The van der Waals surface area contributed by atoms with E-state index >= 15 is 0 Å². The van der Waals surface area contributed by atoms with E-state index in [0.717, 1.165) is 11.3 Å². The Morgan fingerprint density at radius 2 is 2.19 bits per heavy atom. The lowest BCUT2D eigenvalue weighted by Crippen LogP contribution is -2.29. The summed E-state index contributed by atoms with van der Waals surface area (Å²) in [7, 11) is 0. The maximum Gasteiger partial charge on any atom is 0.255 e. The number of aromatic amines is 1. The summed E-state index contributed by atoms with van der Waals surface area (Å²) >= 11 is 0. The summed E-state index contributed by atoms with van der Waals surface area (Å²) in [6, 6.07) is 0. The smallest absolute Gasteiger partial charge is 0.255 e. The van der Waals surface area contributed by atoms with E-state index in [9.17, 15) is 4.79 Å². The van der Waals surface area contributed by atoms with Crippen LogP contribution in [0.1, 0.15) is 37.9 Å². The number of aromatic nitrogens is 2. The molecule has 2 N–H and O–H groups in total. The summed E-state index contributed by atoms with van der Waals surface area (Å²) in [5.41, 5.74) is 0.978. The van der Waals surface area contributed by atoms with Gasteiger partial charge in [-0.05, 0) is 20.8 Å². The Kier molecular flexibility index (Phi) is 2.82. The molecule has 1 aliphatic rings. The molecule has 88 valence electrons. The fourth-order valence-electron chi connectivity index (χ4n) is 1.89. The highest BCUT2D eigenvalue weighted by Crippen LogP contribution is 2.21. The van der Waals surface area contributed by atoms with Crippen LogP contribution in [0.25, 0.3) is 0 Å². The molecule has 1 aromatic heterocycles. The molecule has 0 amide bonds. The molecule has 0 aliphatic carbocycles. The van der Waals surface area contributed by atoms with Gasteiger partial charge >= 0.3 is 0 Å². The van der Waals surface area contributed by atoms with Gasteiger partial charge in [0.25, 0.3) is 5.56 Å². The van der Waals surface area contributed by atoms with Gasteiger partial charge in [0.2, 0.25) is 0 Å². The first kappa shape index (κ1) is 11.3. The van der Waals surface area contributed by atoms with Crippen LogP contribution < -0.4 is 10.9 Å². The van der Waals surface area contributed by atoms with E-state index in [2.05, 4.69) is 15.3 Å². The Bertz CT molecular complexity index is 451. The zero-order valence-corrected chi connectivity index (χ0v) is 9.89. The molecule has 16 heavy (non-hydrogen) atoms. The van der Waals surface area contributed by atoms with Crippen molar-refractivity contribution in [1.82, 2.24) is 15.3 Å². The highest BCUT2D eigenvalue weighted by Gasteiger charge is 2.26. The van der Waals surface area contributed by atoms with Crippen LogP contribution in [-0.2, 0) is 23.4 Å². The van der Waals surface area contributed by atoms with E-state index in [1.165, 1.54) is 0 Å². The minimum Gasteiger partial charge on any atom is -0.368 e. The van der Waals surface area contributed by atoms with Gasteiger partial charge in [-0.2, -0.15) is 0 Å². The number of ether oxygens (including phenoxy) is 1. The maximum absolute atomic E-state index is 11.8. The highest BCUT2D eigenvalue weighted by molar-refractivity contribution is 5.22. The van der Waals surface area contributed by atoms with Crippen molar-refractivity contribution in [3.63, 3.8) is 0 Å². The predicted molar refractivity (Wildman–Crippen MR) is 60.1 cm³/mol. The number of nitrogens with zero attached hydrogens (tertiary/aromatic N) is 1. The molecule has 5 nitrogen and oxygen atoms in total. The van der Waals surface area contributed by atoms with Gasteiger partial charge < -0.3 is 15.0 Å². The van der Waals surface area contributed by atoms with Crippen LogP contribution >= 0.6 is 0 Å². The average molecular weight is 223 g/mol. The van der Waals surface area contributed by atoms with Crippen LogP contribution in [0.4, 0.5) is 0 Å². The van der Waals surface area contributed by atoms with Crippen molar-refractivity contribution < 1.29 is 4.74 Å². The monoisotopic (exact) mass is 223 g/mol. The summed E-state index contributed by atoms with van der Waals surface area (Å²) in [4.78, 5) is 19.1. The van der Waals surface area contributed by atoms with E-state index in [-0.39, 0.29) is 5.56 Å². The summed E-state index contributed by atoms with van der Waals surface area (Å²) in [6.45, 7) is 7.59. The molecule has 0 saturated carbocycles. The second-order valence-corrected chi connectivity index (χ2v) is 4.39. The Morgan fingerprint density at radius 3 is 2.88 bits per heavy atom. The van der Waals surface area contributed by atoms with Crippen molar-refractivity contribution in [2.75, 3.05) is 6.61 Å². The lowest BCUT2D eigenvalue weighted by Gasteiger charge is -2.23. The van der Waals surface area contributed by atoms with E-state index in [0.29, 0.717) is 25.5 Å². The zero-order chi connectivity index (χ0) is 11.8. The van der Waals surface area contributed by atoms with Crippen LogP contribution in [0.5, 0.6) is 0 Å². The lowest BCUT2D eigenvalue weighted by atomic mass is 10.1. The Labute approximate surface area is 94.2 Å². The summed E-state index contributed by atoms with van der Waals surface area (Å²) in [5, 5.41) is 3.12. The Balaban J connectivity index is 2.44. The summed E-state index contributed by atoms with van der Waals surface area (Å²) in [6.07, 6.45) is 0. The van der Waals surface area contributed by atoms with Crippen molar-refractivity contribution >= 4 is 0 Å². The molecule has 0 atom stereocenters. The van der Waals surface area contributed by atoms with E-state index in [1.807, 2.05) is 20.8 Å². The zero-order valence-electron chi connectivity index (χ0n) is 9.89. The molecular weight excluding hydrogens is 206 g/mol. The third-order valence-corrected chi connectivity index (χ3v) is 2.77. The fourth-order valence-corrected chi connectivity index (χ4v) is 1.89. The first-order valence-electron chi connectivity index (χ1n) is 5.52. The van der Waals surface area contributed by atoms with Crippen LogP contribution in [0, 0.1) is 0 Å². The predicted octanol–water partition coefficient (Wildman–Crippen LogP) is 0.645. The van der Waals surface area contributed by atoms with Crippen molar-refractivity contribution in [2.24, 2.45) is 0 Å². The molecule has 1 aromatic rings. The standard InChI is InChI=1S/C11H17N3O2/c1-4-16-11(2,3)10-13-8-6-12-5-7(8)9(15)14-10/h12H,4-6H2,1-3H3,(H,13,14,15). The van der Waals surface area contributed by atoms with Crippen LogP contribution in [-0.4, -0.2) is 16.6 Å². The highest BCUT2D eigenvalue weighted by atomic mass is 16.5. The molecule has 1 aliphatic heterocycles. The minimum atomic E-state index is -0.550. The van der Waals surface area contributed by atoms with E-state index in [4.69, 9.17) is 4.74 Å². The van der Waals surface area contributed by atoms with Crippen molar-refractivity contribution in [3.05, 3.63) is 27.4 Å². The molecule has 2 rings (SSSR count). The Morgan fingerprint density at radius 1 is 1.44 bits per heavy atom. The van der Waals surface area contributed by atoms with Gasteiger partial charge in [-0.25, -0.2) is 4.98 Å². The number of fused-ring (bicyclic) bond motifs is 1. The molecule has 0 radical (unpaired) electrons. The summed E-state index contributed by atoms with van der Waals surface area (Å²) < 4.78 is 5.58. The SMILES string of the molecule is CCOC(C)(C)c1nc2c(c(=O)[nH]1)CNC2. The van der Waals surface area contributed by atoms with Crippen LogP contribution in [0.3, 0.4) is 0 Å². The molecule has 0 unspecified atom stereocenters. The normalized spacial score (nSPS) is 15.2. The van der Waals surface area contributed by atoms with Crippen LogP contribution in [0.15, 0.2) is 4.79 Å². The average Bonchev–Trinajstić information content (AvgIpc) is 2.65. The quantitative estimate of drug-likeness (QED) is 0.789. The van der Waals surface area contributed by atoms with Gasteiger partial charge in [0.05, 0.1) is 11.3 Å². The second-order valence-electron chi connectivity index (χ2n) is 4.39. The van der Waals surface area contributed by atoms with E-state index in [1.54, 1.807) is 0 Å². The van der Waals surface area contributed by atoms with Gasteiger partial charge in [0.15, 0.2) is 0 Å². The van der Waals surface area contributed by atoms with Crippen molar-refractivity contribution in [2.45, 2.75) is 39.5 Å². The molecule has 0 fully saturated rings. The van der Waals surface area contributed by atoms with Gasteiger partial charge in [0, 0.05) is 19.7 Å². The summed E-state index contributed by atoms with van der Waals surface area (Å²) in [5.74, 6) is 0.599. The second kappa shape index (κ2) is 3.99. The molecular formula is C11H17N3O2. The maximum atomic E-state index is 11.8. The first-order valence-corrected chi connectivity index (χ1v) is 5.52. The number of H-pyrrole nitrogens is 1. The van der Waals surface area contributed by atoms with Gasteiger partial charge in [-0.1, -0.05) is 0 Å². The third kappa shape index (κ3) is 1.88. The molecule has 5 heteroatoms. The van der Waals surface area contributed by atoms with Gasteiger partial charge in [-0.15, -0.1) is 0 Å². The third-order valence-electron chi connectivity index (χ3n) is 2.77. The number of rotatable bonds is 3. The fraction of sp³-hybridized carbons (Fsp3) is 0.636. The van der Waals surface area contributed by atoms with Crippen LogP contribution in [0.2, 0.25) is 0 Å². The Hall–Kier alpha value is -1.20. The lowest BCUT2D eigenvalue weighted by molar-refractivity contribution is -0.0211. The molecule has 2 heterocycles. The molecule has 0 aromatic carbocycles. The molecule has 0 saturated heterocycles. The first-order chi connectivity index (χ1) is 7.54. The minimum absolute atomic E-state index is 0.0576. The van der Waals surface area contributed by atoms with Crippen molar-refractivity contribution in [1.29, 1.82) is 0 Å². The van der Waals surface area contributed by atoms with E-state index < -0.39 is 5.60 Å². The largest absolute Gasteiger partial charge is 0.368 e. The molecule has 0 bridgehead atoms. The van der Waals surface area contributed by atoms with Crippen molar-refractivity contribution in [3.8, 4) is 0 Å². The topological polar surface area (TPSA) is 67.0 Å². The van der Waals surface area contributed by atoms with Gasteiger partial charge in [0.1, 0.15) is 11.4 Å². The number of hydrogen-bond donors (Lipinski definition) is 2. The number of hydrogen-bond acceptors (Lipinski definition) is 4. The number of nitrogens with one attached hydrogen (secondary N) is 2.